The van der Waals surface area contributed by atoms with Gasteiger partial charge in [0.05, 0.1) is 6.61 Å². The highest BCUT2D eigenvalue weighted by Crippen LogP contribution is 2.17. The normalized spacial score (nSPS) is 20.4. The third kappa shape index (κ3) is 3.56. The number of ether oxygens (including phenoxy) is 1. The zero-order chi connectivity index (χ0) is 10.6. The highest BCUT2D eigenvalue weighted by molar-refractivity contribution is 4.77. The van der Waals surface area contributed by atoms with Crippen LogP contribution in [0.1, 0.15) is 27.7 Å². The Morgan fingerprint density at radius 1 is 1.29 bits per heavy atom. The van der Waals surface area contributed by atoms with Gasteiger partial charge in [0.2, 0.25) is 0 Å². The van der Waals surface area contributed by atoms with Gasteiger partial charge in [-0.15, -0.1) is 0 Å². The Bertz CT molecular complexity index is 163. The minimum absolute atomic E-state index is 0.105. The lowest BCUT2D eigenvalue weighted by atomic mass is 10.2. The molecule has 1 fully saturated rings. The van der Waals surface area contributed by atoms with Gasteiger partial charge in [-0.2, -0.15) is 0 Å². The molecule has 0 saturated carbocycles. The lowest BCUT2D eigenvalue weighted by Crippen LogP contribution is -2.54. The molecule has 84 valence electrons. The Kier molecular flexibility index (Phi) is 4.35. The van der Waals surface area contributed by atoms with Crippen LogP contribution >= 0.6 is 0 Å². The van der Waals surface area contributed by atoms with Crippen LogP contribution in [0, 0.1) is 5.92 Å². The quantitative estimate of drug-likeness (QED) is 0.740. The molecule has 1 saturated heterocycles. The first-order valence-electron chi connectivity index (χ1n) is 5.62. The third-order valence-electron chi connectivity index (χ3n) is 2.65. The maximum atomic E-state index is 5.93. The zero-order valence-electron chi connectivity index (χ0n) is 9.97. The average Bonchev–Trinajstić information content (AvgIpc) is 2.16. The summed E-state index contributed by atoms with van der Waals surface area (Å²) >= 11 is 0. The summed E-state index contributed by atoms with van der Waals surface area (Å²) in [6.07, 6.45) is 0. The van der Waals surface area contributed by atoms with E-state index in [9.17, 15) is 0 Å². The van der Waals surface area contributed by atoms with Crippen molar-refractivity contribution in [1.82, 2.24) is 10.2 Å². The molecule has 0 unspecified atom stereocenters. The second-order valence-corrected chi connectivity index (χ2v) is 4.89. The molecule has 1 aliphatic rings. The Hall–Kier alpha value is -0.120. The summed E-state index contributed by atoms with van der Waals surface area (Å²) in [5.74, 6) is 0.609. The number of hydrogen-bond acceptors (Lipinski definition) is 3. The molecular formula is C11H24N2O. The molecule has 3 heteroatoms. The monoisotopic (exact) mass is 200 g/mol. The van der Waals surface area contributed by atoms with E-state index in [1.807, 2.05) is 0 Å². The number of nitrogens with zero attached hydrogens (tertiary/aromatic N) is 1. The van der Waals surface area contributed by atoms with Gasteiger partial charge in [-0.1, -0.05) is 13.8 Å². The number of nitrogens with one attached hydrogen (secondary N) is 1. The molecule has 1 aliphatic heterocycles. The molecule has 1 rings (SSSR count). The predicted octanol–water partition coefficient (Wildman–Crippen LogP) is 1.30. The first-order chi connectivity index (χ1) is 6.52. The topological polar surface area (TPSA) is 24.5 Å². The Labute approximate surface area is 87.8 Å². The summed E-state index contributed by atoms with van der Waals surface area (Å²) < 4.78 is 5.93. The smallest absolute Gasteiger partial charge is 0.116 e. The molecule has 0 spiro atoms. The van der Waals surface area contributed by atoms with Crippen molar-refractivity contribution in [1.29, 1.82) is 0 Å². The van der Waals surface area contributed by atoms with Gasteiger partial charge in [0, 0.05) is 26.2 Å². The molecule has 0 aromatic carbocycles. The van der Waals surface area contributed by atoms with Crippen LogP contribution < -0.4 is 5.32 Å². The fourth-order valence-corrected chi connectivity index (χ4v) is 1.67. The van der Waals surface area contributed by atoms with Gasteiger partial charge >= 0.3 is 0 Å². The van der Waals surface area contributed by atoms with Crippen molar-refractivity contribution in [2.75, 3.05) is 32.8 Å². The van der Waals surface area contributed by atoms with Crippen molar-refractivity contribution in [3.8, 4) is 0 Å². The summed E-state index contributed by atoms with van der Waals surface area (Å²) in [5.41, 5.74) is -0.105. The van der Waals surface area contributed by atoms with Crippen molar-refractivity contribution in [3.63, 3.8) is 0 Å². The largest absolute Gasteiger partial charge is 0.361 e. The third-order valence-corrected chi connectivity index (χ3v) is 2.65. The molecule has 3 nitrogen and oxygen atoms in total. The zero-order valence-corrected chi connectivity index (χ0v) is 9.97. The van der Waals surface area contributed by atoms with Gasteiger partial charge in [0.15, 0.2) is 0 Å². The van der Waals surface area contributed by atoms with Crippen LogP contribution in [0.5, 0.6) is 0 Å². The molecule has 1 heterocycles. The molecule has 0 radical (unpaired) electrons. The first-order valence-corrected chi connectivity index (χ1v) is 5.62. The van der Waals surface area contributed by atoms with E-state index in [0.717, 1.165) is 32.8 Å². The van der Waals surface area contributed by atoms with E-state index in [1.54, 1.807) is 0 Å². The van der Waals surface area contributed by atoms with Crippen LogP contribution in [0.2, 0.25) is 0 Å². The van der Waals surface area contributed by atoms with Crippen LogP contribution in [-0.4, -0.2) is 43.4 Å². The second kappa shape index (κ2) is 5.10. The maximum absolute atomic E-state index is 5.93. The molecule has 0 aromatic rings. The summed E-state index contributed by atoms with van der Waals surface area (Å²) in [4.78, 5) is 2.41. The summed E-state index contributed by atoms with van der Waals surface area (Å²) in [6.45, 7) is 13.9. The number of hydrogen-bond donors (Lipinski definition) is 1. The Morgan fingerprint density at radius 3 is 2.36 bits per heavy atom. The molecule has 0 aromatic heterocycles. The van der Waals surface area contributed by atoms with Crippen molar-refractivity contribution in [3.05, 3.63) is 0 Å². The van der Waals surface area contributed by atoms with Crippen molar-refractivity contribution in [2.45, 2.75) is 33.4 Å². The maximum Gasteiger partial charge on any atom is 0.116 e. The van der Waals surface area contributed by atoms with Gasteiger partial charge in [-0.3, -0.25) is 4.90 Å². The van der Waals surface area contributed by atoms with Crippen LogP contribution in [0.4, 0.5) is 0 Å². The van der Waals surface area contributed by atoms with E-state index in [4.69, 9.17) is 4.74 Å². The fraction of sp³-hybridized carbons (Fsp3) is 1.00. The first kappa shape index (κ1) is 12.0. The molecule has 0 aliphatic carbocycles. The molecule has 0 amide bonds. The lowest BCUT2D eigenvalue weighted by Gasteiger charge is -2.41. The highest BCUT2D eigenvalue weighted by Gasteiger charge is 2.28. The molecule has 1 N–H and O–H groups in total. The minimum Gasteiger partial charge on any atom is -0.361 e. The van der Waals surface area contributed by atoms with E-state index in [-0.39, 0.29) is 5.72 Å². The van der Waals surface area contributed by atoms with Gasteiger partial charge in [-0.25, -0.2) is 0 Å². The number of piperazine rings is 1. The van der Waals surface area contributed by atoms with E-state index >= 15 is 0 Å². The van der Waals surface area contributed by atoms with Gasteiger partial charge in [0.25, 0.3) is 0 Å². The minimum atomic E-state index is -0.105. The Morgan fingerprint density at radius 2 is 1.86 bits per heavy atom. The van der Waals surface area contributed by atoms with Crippen molar-refractivity contribution in [2.24, 2.45) is 5.92 Å². The molecule has 14 heavy (non-hydrogen) atoms. The molecule has 0 bridgehead atoms. The Balaban J connectivity index is 2.37. The van der Waals surface area contributed by atoms with E-state index in [1.165, 1.54) is 0 Å². The average molecular weight is 200 g/mol. The predicted molar refractivity (Wildman–Crippen MR) is 59.3 cm³/mol. The van der Waals surface area contributed by atoms with Crippen LogP contribution in [0.15, 0.2) is 0 Å². The van der Waals surface area contributed by atoms with E-state index in [2.05, 4.69) is 37.9 Å². The molecular weight excluding hydrogens is 176 g/mol. The van der Waals surface area contributed by atoms with Gasteiger partial charge in [0.1, 0.15) is 5.72 Å². The highest BCUT2D eigenvalue weighted by atomic mass is 16.5. The fourth-order valence-electron chi connectivity index (χ4n) is 1.67. The SMILES string of the molecule is CC(C)COC(C)(C)N1CCNCC1. The van der Waals surface area contributed by atoms with Crippen molar-refractivity contribution < 1.29 is 4.74 Å². The number of rotatable bonds is 4. The summed E-state index contributed by atoms with van der Waals surface area (Å²) in [5, 5.41) is 3.35. The summed E-state index contributed by atoms with van der Waals surface area (Å²) in [7, 11) is 0. The van der Waals surface area contributed by atoms with Gasteiger partial charge < -0.3 is 10.1 Å². The standard InChI is InChI=1S/C11H24N2O/c1-10(2)9-14-11(3,4)13-7-5-12-6-8-13/h10,12H,5-9H2,1-4H3. The van der Waals surface area contributed by atoms with E-state index < -0.39 is 0 Å². The van der Waals surface area contributed by atoms with Crippen LogP contribution in [0.25, 0.3) is 0 Å². The van der Waals surface area contributed by atoms with Crippen molar-refractivity contribution >= 4 is 0 Å². The molecule has 0 atom stereocenters. The van der Waals surface area contributed by atoms with Gasteiger partial charge in [-0.05, 0) is 19.8 Å². The summed E-state index contributed by atoms with van der Waals surface area (Å²) in [6, 6.07) is 0. The second-order valence-electron chi connectivity index (χ2n) is 4.89. The van der Waals surface area contributed by atoms with Crippen LogP contribution in [-0.2, 0) is 4.74 Å². The van der Waals surface area contributed by atoms with E-state index in [0.29, 0.717) is 5.92 Å². The lowest BCUT2D eigenvalue weighted by molar-refractivity contribution is -0.141. The van der Waals surface area contributed by atoms with Crippen LogP contribution in [0.3, 0.4) is 0 Å².